The molecule has 7 nitrogen and oxygen atoms in total. The Morgan fingerprint density at radius 2 is 1.65 bits per heavy atom. The molecule has 0 radical (unpaired) electrons. The zero-order valence-electron chi connectivity index (χ0n) is 18.5. The third kappa shape index (κ3) is 4.87. The molecule has 0 aromatic heterocycles. The number of hydrogen-bond acceptors (Lipinski definition) is 4. The van der Waals surface area contributed by atoms with Crippen molar-refractivity contribution in [2.24, 2.45) is 0 Å². The van der Waals surface area contributed by atoms with Crippen molar-refractivity contribution >= 4 is 27.5 Å². The van der Waals surface area contributed by atoms with Crippen LogP contribution in [0.3, 0.4) is 0 Å². The Labute approximate surface area is 199 Å². The molecule has 1 aliphatic heterocycles. The van der Waals surface area contributed by atoms with E-state index in [2.05, 4.69) is 17.2 Å². The molecule has 174 valence electrons. The van der Waals surface area contributed by atoms with Crippen LogP contribution in [0.15, 0.2) is 96.4 Å². The molecule has 2 amide bonds. The van der Waals surface area contributed by atoms with Gasteiger partial charge in [0.05, 0.1) is 16.6 Å². The van der Waals surface area contributed by atoms with E-state index in [0.29, 0.717) is 24.2 Å². The van der Waals surface area contributed by atoms with Crippen LogP contribution < -0.4 is 14.9 Å². The number of rotatable bonds is 7. The molecule has 8 heteroatoms. The molecule has 1 unspecified atom stereocenters. The van der Waals surface area contributed by atoms with Gasteiger partial charge >= 0.3 is 0 Å². The molecule has 1 atom stereocenters. The van der Waals surface area contributed by atoms with Crippen molar-refractivity contribution in [1.29, 1.82) is 0 Å². The maximum absolute atomic E-state index is 13.4. The number of para-hydroxylation sites is 1. The van der Waals surface area contributed by atoms with E-state index in [4.69, 9.17) is 0 Å². The topological polar surface area (TPSA) is 95.6 Å². The zero-order chi connectivity index (χ0) is 24.1. The second-order valence-corrected chi connectivity index (χ2v) is 9.74. The predicted molar refractivity (Wildman–Crippen MR) is 131 cm³/mol. The van der Waals surface area contributed by atoms with Gasteiger partial charge in [-0.25, -0.2) is 8.42 Å². The summed E-state index contributed by atoms with van der Waals surface area (Å²) in [5, 5.41) is 5.69. The molecule has 1 aliphatic rings. The molecule has 2 N–H and O–H groups in total. The van der Waals surface area contributed by atoms with Crippen molar-refractivity contribution in [2.45, 2.75) is 23.9 Å². The first-order chi connectivity index (χ1) is 16.4. The maximum atomic E-state index is 13.4. The molecule has 4 rings (SSSR count). The molecule has 1 heterocycles. The Morgan fingerprint density at radius 3 is 2.35 bits per heavy atom. The van der Waals surface area contributed by atoms with Crippen molar-refractivity contribution in [3.05, 3.63) is 108 Å². The largest absolute Gasteiger partial charge is 0.348 e. The van der Waals surface area contributed by atoms with Gasteiger partial charge in [-0.05, 0) is 54.0 Å². The lowest BCUT2D eigenvalue weighted by Gasteiger charge is -2.35. The maximum Gasteiger partial charge on any atom is 0.264 e. The van der Waals surface area contributed by atoms with E-state index in [1.165, 1.54) is 34.6 Å². The third-order valence-electron chi connectivity index (χ3n) is 5.70. The van der Waals surface area contributed by atoms with Crippen molar-refractivity contribution in [3.63, 3.8) is 0 Å². The third-order valence-corrected chi connectivity index (χ3v) is 7.53. The van der Waals surface area contributed by atoms with Crippen molar-refractivity contribution in [1.82, 2.24) is 10.6 Å². The first kappa shape index (κ1) is 23.3. The van der Waals surface area contributed by atoms with Gasteiger partial charge in [-0.3, -0.25) is 13.9 Å². The first-order valence-electron chi connectivity index (χ1n) is 10.9. The molecular weight excluding hydrogens is 450 g/mol. The minimum Gasteiger partial charge on any atom is -0.348 e. The summed E-state index contributed by atoms with van der Waals surface area (Å²) in [6, 6.07) is 22.3. The number of carbonyl (C=O) groups excluding carboxylic acids is 2. The fraction of sp³-hybridized carbons (Fsp3) is 0.154. The highest BCUT2D eigenvalue weighted by Crippen LogP contribution is 2.37. The van der Waals surface area contributed by atoms with E-state index in [9.17, 15) is 18.0 Å². The summed E-state index contributed by atoms with van der Waals surface area (Å²) in [5.41, 5.74) is 2.60. The Bertz CT molecular complexity index is 1310. The van der Waals surface area contributed by atoms with Crippen molar-refractivity contribution < 1.29 is 18.0 Å². The predicted octanol–water partition coefficient (Wildman–Crippen LogP) is 3.56. The average molecular weight is 476 g/mol. The lowest BCUT2D eigenvalue weighted by Crippen LogP contribution is -2.40. The molecule has 3 aromatic rings. The first-order valence-corrected chi connectivity index (χ1v) is 12.3. The van der Waals surface area contributed by atoms with Gasteiger partial charge in [0.15, 0.2) is 0 Å². The fourth-order valence-corrected chi connectivity index (χ4v) is 5.45. The number of nitrogens with one attached hydrogen (secondary N) is 2. The van der Waals surface area contributed by atoms with E-state index >= 15 is 0 Å². The molecule has 0 saturated heterocycles. The molecule has 0 bridgehead atoms. The highest BCUT2D eigenvalue weighted by Gasteiger charge is 2.33. The van der Waals surface area contributed by atoms with Gasteiger partial charge in [-0.1, -0.05) is 55.1 Å². The lowest BCUT2D eigenvalue weighted by molar-refractivity contribution is -0.117. The highest BCUT2D eigenvalue weighted by molar-refractivity contribution is 7.92. The van der Waals surface area contributed by atoms with Gasteiger partial charge in [0, 0.05) is 18.7 Å². The van der Waals surface area contributed by atoms with Crippen LogP contribution in [0, 0.1) is 0 Å². The second kappa shape index (κ2) is 9.93. The number of anilines is 1. The van der Waals surface area contributed by atoms with E-state index in [1.807, 2.05) is 42.5 Å². The lowest BCUT2D eigenvalue weighted by atomic mass is 9.98. The van der Waals surface area contributed by atoms with Crippen molar-refractivity contribution in [3.8, 4) is 0 Å². The number of nitrogens with zero attached hydrogens (tertiary/aromatic N) is 1. The SMILES string of the molecule is C=CC(=O)NC1CCN(S(=O)(=O)c2ccc(C(=O)NCc3ccccc3)cc2)c2ccccc21. The van der Waals surface area contributed by atoms with Crippen LogP contribution in [0.25, 0.3) is 0 Å². The van der Waals surface area contributed by atoms with Gasteiger partial charge in [-0.2, -0.15) is 0 Å². The molecular formula is C26H25N3O4S. The minimum absolute atomic E-state index is 0.0930. The highest BCUT2D eigenvalue weighted by atomic mass is 32.2. The van der Waals surface area contributed by atoms with Gasteiger partial charge < -0.3 is 10.6 Å². The number of amides is 2. The normalized spacial score (nSPS) is 15.2. The van der Waals surface area contributed by atoms with Crippen LogP contribution in [-0.2, 0) is 21.4 Å². The number of carbonyl (C=O) groups is 2. The molecule has 0 saturated carbocycles. The van der Waals surface area contributed by atoms with Gasteiger partial charge in [0.25, 0.3) is 15.9 Å². The van der Waals surface area contributed by atoms with Crippen LogP contribution in [0.2, 0.25) is 0 Å². The Balaban J connectivity index is 1.52. The van der Waals surface area contributed by atoms with Crippen LogP contribution in [0.1, 0.15) is 33.9 Å². The summed E-state index contributed by atoms with van der Waals surface area (Å²) in [6.07, 6.45) is 1.62. The van der Waals surface area contributed by atoms with E-state index in [0.717, 1.165) is 11.1 Å². The summed E-state index contributed by atoms with van der Waals surface area (Å²) in [5.74, 6) is -0.589. The Kier molecular flexibility index (Phi) is 6.79. The van der Waals surface area contributed by atoms with Crippen LogP contribution >= 0.6 is 0 Å². The van der Waals surface area contributed by atoms with E-state index in [-0.39, 0.29) is 29.3 Å². The average Bonchev–Trinajstić information content (AvgIpc) is 2.88. The number of benzene rings is 3. The van der Waals surface area contributed by atoms with E-state index in [1.54, 1.807) is 12.1 Å². The molecule has 3 aromatic carbocycles. The second-order valence-electron chi connectivity index (χ2n) is 7.88. The Morgan fingerprint density at radius 1 is 0.971 bits per heavy atom. The molecule has 34 heavy (non-hydrogen) atoms. The number of hydrogen-bond donors (Lipinski definition) is 2. The number of sulfonamides is 1. The monoisotopic (exact) mass is 475 g/mol. The fourth-order valence-electron chi connectivity index (χ4n) is 3.95. The molecule has 0 fully saturated rings. The molecule has 0 spiro atoms. The van der Waals surface area contributed by atoms with Gasteiger partial charge in [-0.15, -0.1) is 0 Å². The summed E-state index contributed by atoms with van der Waals surface area (Å²) in [6.45, 7) is 4.07. The van der Waals surface area contributed by atoms with Crippen molar-refractivity contribution in [2.75, 3.05) is 10.8 Å². The summed E-state index contributed by atoms with van der Waals surface area (Å²) in [7, 11) is -3.86. The van der Waals surface area contributed by atoms with Gasteiger partial charge in [0.2, 0.25) is 5.91 Å². The van der Waals surface area contributed by atoms with Crippen LogP contribution in [0.4, 0.5) is 5.69 Å². The Hall–Kier alpha value is -3.91. The standard InChI is InChI=1S/C26H25N3O4S/c1-2-25(30)28-23-16-17-29(24-11-7-6-10-22(23)24)34(32,33)21-14-12-20(13-15-21)26(31)27-18-19-8-4-3-5-9-19/h2-15,23H,1,16-18H2,(H,27,31)(H,28,30). The molecule has 0 aliphatic carbocycles. The van der Waals surface area contributed by atoms with E-state index < -0.39 is 10.0 Å². The number of fused-ring (bicyclic) bond motifs is 1. The van der Waals surface area contributed by atoms with Crippen LogP contribution in [0.5, 0.6) is 0 Å². The van der Waals surface area contributed by atoms with Crippen LogP contribution in [-0.4, -0.2) is 26.8 Å². The summed E-state index contributed by atoms with van der Waals surface area (Å²) in [4.78, 5) is 24.4. The quantitative estimate of drug-likeness (QED) is 0.511. The zero-order valence-corrected chi connectivity index (χ0v) is 19.3. The smallest absolute Gasteiger partial charge is 0.264 e. The van der Waals surface area contributed by atoms with Gasteiger partial charge in [0.1, 0.15) is 0 Å². The summed E-state index contributed by atoms with van der Waals surface area (Å²) >= 11 is 0. The minimum atomic E-state index is -3.86. The summed E-state index contributed by atoms with van der Waals surface area (Å²) < 4.78 is 28.2.